The predicted octanol–water partition coefficient (Wildman–Crippen LogP) is 24.7. The summed E-state index contributed by atoms with van der Waals surface area (Å²) in [6.07, 6.45) is 89.9. The zero-order chi connectivity index (χ0) is 58.5. The molecule has 0 heterocycles. The fraction of sp³-hybridized carbons (Fsp3) is 0.827. The van der Waals surface area contributed by atoms with Gasteiger partial charge < -0.3 is 14.2 Å². The van der Waals surface area contributed by atoms with E-state index in [0.29, 0.717) is 19.3 Å². The van der Waals surface area contributed by atoms with Crippen LogP contribution in [0.1, 0.15) is 380 Å². The monoisotopic (exact) mass is 1130 g/mol. The highest BCUT2D eigenvalue weighted by Crippen LogP contribution is 2.19. The summed E-state index contributed by atoms with van der Waals surface area (Å²) >= 11 is 0. The molecule has 1 atom stereocenters. The van der Waals surface area contributed by atoms with Crippen molar-refractivity contribution >= 4 is 17.9 Å². The second kappa shape index (κ2) is 69.6. The van der Waals surface area contributed by atoms with E-state index in [1.54, 1.807) is 0 Å². The van der Waals surface area contributed by atoms with Gasteiger partial charge >= 0.3 is 17.9 Å². The normalized spacial score (nSPS) is 12.4. The third-order valence-electron chi connectivity index (χ3n) is 16.0. The maximum atomic E-state index is 12.9. The summed E-state index contributed by atoms with van der Waals surface area (Å²) in [5, 5.41) is 0. The summed E-state index contributed by atoms with van der Waals surface area (Å²) in [4.78, 5) is 38.4. The minimum absolute atomic E-state index is 0.0829. The molecular weight excluding hydrogens is 997 g/mol. The van der Waals surface area contributed by atoms with Gasteiger partial charge in [-0.3, -0.25) is 14.4 Å². The molecule has 6 heteroatoms. The number of ether oxygens (including phenoxy) is 3. The Kier molecular flexibility index (Phi) is 67.1. The summed E-state index contributed by atoms with van der Waals surface area (Å²) in [6.45, 7) is 6.53. The predicted molar refractivity (Wildman–Crippen MR) is 353 cm³/mol. The molecule has 0 amide bonds. The van der Waals surface area contributed by atoms with E-state index in [-0.39, 0.29) is 31.1 Å². The standard InChI is InChI=1S/C75H136O6/c1-4-7-10-13-16-19-22-25-28-29-30-31-32-33-34-35-36-37-38-39-40-41-42-43-44-45-48-50-53-56-59-62-65-68-74(77)80-71-72(81-75(78)69-66-63-60-57-54-51-47-27-24-21-18-15-12-9-6-3)70-79-73(76)67-64-61-58-55-52-49-46-26-23-20-17-14-11-8-5-2/h9,12,17-18,20-21,26-27,46-47,72H,4-8,10-11,13-16,19,22-25,28-45,48-71H2,1-3H3/b12-9-,20-17-,21-18-,46-26-,47-27-. The molecule has 0 spiro atoms. The molecule has 0 aromatic rings. The van der Waals surface area contributed by atoms with Crippen LogP contribution < -0.4 is 0 Å². The molecule has 0 radical (unpaired) electrons. The molecule has 472 valence electrons. The molecular formula is C75H136O6. The smallest absolute Gasteiger partial charge is 0.306 e. The molecule has 0 aromatic carbocycles. The van der Waals surface area contributed by atoms with Gasteiger partial charge in [0.1, 0.15) is 13.2 Å². The molecule has 0 saturated heterocycles. The van der Waals surface area contributed by atoms with Gasteiger partial charge in [-0.1, -0.05) is 338 Å². The van der Waals surface area contributed by atoms with E-state index in [1.165, 1.54) is 225 Å². The summed E-state index contributed by atoms with van der Waals surface area (Å²) in [6, 6.07) is 0. The number of carbonyl (C=O) groups is 3. The Hall–Kier alpha value is -2.89. The summed E-state index contributed by atoms with van der Waals surface area (Å²) in [5.74, 6) is -0.895. The van der Waals surface area contributed by atoms with Gasteiger partial charge in [0.25, 0.3) is 0 Å². The molecule has 0 aliphatic heterocycles. The van der Waals surface area contributed by atoms with Crippen LogP contribution in [0.25, 0.3) is 0 Å². The molecule has 6 nitrogen and oxygen atoms in total. The van der Waals surface area contributed by atoms with Crippen molar-refractivity contribution < 1.29 is 28.6 Å². The van der Waals surface area contributed by atoms with Crippen molar-refractivity contribution in [3.63, 3.8) is 0 Å². The highest BCUT2D eigenvalue weighted by atomic mass is 16.6. The first-order valence-corrected chi connectivity index (χ1v) is 35.8. The minimum atomic E-state index is -0.789. The van der Waals surface area contributed by atoms with Gasteiger partial charge in [0.05, 0.1) is 0 Å². The highest BCUT2D eigenvalue weighted by molar-refractivity contribution is 5.71. The Morgan fingerprint density at radius 2 is 0.481 bits per heavy atom. The molecule has 0 aliphatic carbocycles. The van der Waals surface area contributed by atoms with Crippen molar-refractivity contribution in [3.8, 4) is 0 Å². The molecule has 0 aromatic heterocycles. The second-order valence-electron chi connectivity index (χ2n) is 24.1. The van der Waals surface area contributed by atoms with E-state index in [2.05, 4.69) is 81.5 Å². The van der Waals surface area contributed by atoms with Crippen molar-refractivity contribution in [1.29, 1.82) is 0 Å². The Balaban J connectivity index is 4.12. The minimum Gasteiger partial charge on any atom is -0.462 e. The lowest BCUT2D eigenvalue weighted by atomic mass is 10.0. The van der Waals surface area contributed by atoms with E-state index in [4.69, 9.17) is 14.2 Å². The Morgan fingerprint density at radius 1 is 0.259 bits per heavy atom. The second-order valence-corrected chi connectivity index (χ2v) is 24.1. The third-order valence-corrected chi connectivity index (χ3v) is 16.0. The maximum Gasteiger partial charge on any atom is 0.306 e. The summed E-state index contributed by atoms with van der Waals surface area (Å²) in [5.41, 5.74) is 0. The van der Waals surface area contributed by atoms with Crippen LogP contribution in [0.15, 0.2) is 60.8 Å². The van der Waals surface area contributed by atoms with Crippen LogP contribution in [0.3, 0.4) is 0 Å². The highest BCUT2D eigenvalue weighted by Gasteiger charge is 2.19. The number of allylic oxidation sites excluding steroid dienone is 10. The molecule has 1 unspecified atom stereocenters. The van der Waals surface area contributed by atoms with Gasteiger partial charge in [-0.25, -0.2) is 0 Å². The zero-order valence-electron chi connectivity index (χ0n) is 54.3. The first-order valence-electron chi connectivity index (χ1n) is 35.8. The Labute approximate surface area is 504 Å². The lowest BCUT2D eigenvalue weighted by molar-refractivity contribution is -0.167. The van der Waals surface area contributed by atoms with Crippen LogP contribution in [-0.4, -0.2) is 37.2 Å². The van der Waals surface area contributed by atoms with Gasteiger partial charge in [0.15, 0.2) is 6.10 Å². The fourth-order valence-corrected chi connectivity index (χ4v) is 10.7. The average Bonchev–Trinajstić information content (AvgIpc) is 3.47. The van der Waals surface area contributed by atoms with Gasteiger partial charge in [-0.15, -0.1) is 0 Å². The first-order chi connectivity index (χ1) is 40.0. The van der Waals surface area contributed by atoms with E-state index < -0.39 is 6.10 Å². The molecule has 0 bridgehead atoms. The number of esters is 3. The molecule has 0 rings (SSSR count). The molecule has 81 heavy (non-hydrogen) atoms. The Morgan fingerprint density at radius 3 is 0.778 bits per heavy atom. The van der Waals surface area contributed by atoms with Crippen molar-refractivity contribution in [1.82, 2.24) is 0 Å². The molecule has 0 N–H and O–H groups in total. The van der Waals surface area contributed by atoms with Gasteiger partial charge in [-0.2, -0.15) is 0 Å². The lowest BCUT2D eigenvalue weighted by Crippen LogP contribution is -2.30. The number of carbonyl (C=O) groups excluding carboxylic acids is 3. The fourth-order valence-electron chi connectivity index (χ4n) is 10.7. The van der Waals surface area contributed by atoms with Crippen LogP contribution in [0, 0.1) is 0 Å². The van der Waals surface area contributed by atoms with Crippen molar-refractivity contribution in [3.05, 3.63) is 60.8 Å². The maximum absolute atomic E-state index is 12.9. The molecule has 0 saturated carbocycles. The van der Waals surface area contributed by atoms with E-state index in [0.717, 1.165) is 116 Å². The average molecular weight is 1130 g/mol. The third kappa shape index (κ3) is 67.8. The summed E-state index contributed by atoms with van der Waals surface area (Å²) in [7, 11) is 0. The SMILES string of the molecule is CC/C=C\C/C=C\C/C=C\CCCCCCCC(=O)OC(COC(=O)CCCCCCC/C=C\C/C=C\CCCCC)COC(=O)CCCCCCCCCCCCCCCCCCCCCCCCCCCCCCCCCCC. The first kappa shape index (κ1) is 78.1. The quantitative estimate of drug-likeness (QED) is 0.0261. The van der Waals surface area contributed by atoms with Crippen molar-refractivity contribution in [2.75, 3.05) is 13.2 Å². The van der Waals surface area contributed by atoms with E-state index in [1.807, 2.05) is 0 Å². The summed E-state index contributed by atoms with van der Waals surface area (Å²) < 4.78 is 16.9. The Bertz CT molecular complexity index is 1440. The van der Waals surface area contributed by atoms with Crippen LogP contribution >= 0.6 is 0 Å². The number of unbranched alkanes of at least 4 members (excludes halogenated alkanes) is 45. The number of hydrogen-bond donors (Lipinski definition) is 0. The van der Waals surface area contributed by atoms with Crippen LogP contribution in [0.2, 0.25) is 0 Å². The number of rotatable bonds is 66. The van der Waals surface area contributed by atoms with Crippen LogP contribution in [-0.2, 0) is 28.6 Å². The zero-order valence-corrected chi connectivity index (χ0v) is 54.3. The molecule has 0 fully saturated rings. The molecule has 0 aliphatic rings. The number of hydrogen-bond acceptors (Lipinski definition) is 6. The van der Waals surface area contributed by atoms with Gasteiger partial charge in [0, 0.05) is 19.3 Å². The lowest BCUT2D eigenvalue weighted by Gasteiger charge is -2.18. The van der Waals surface area contributed by atoms with E-state index in [9.17, 15) is 14.4 Å². The van der Waals surface area contributed by atoms with E-state index >= 15 is 0 Å². The van der Waals surface area contributed by atoms with Crippen LogP contribution in [0.5, 0.6) is 0 Å². The van der Waals surface area contributed by atoms with Crippen molar-refractivity contribution in [2.24, 2.45) is 0 Å². The van der Waals surface area contributed by atoms with Crippen molar-refractivity contribution in [2.45, 2.75) is 386 Å². The largest absolute Gasteiger partial charge is 0.462 e. The van der Waals surface area contributed by atoms with Gasteiger partial charge in [0.2, 0.25) is 0 Å². The topological polar surface area (TPSA) is 78.9 Å². The van der Waals surface area contributed by atoms with Crippen LogP contribution in [0.4, 0.5) is 0 Å². The van der Waals surface area contributed by atoms with Gasteiger partial charge in [-0.05, 0) is 83.5 Å².